The molecule has 3 N–H and O–H groups in total. The van der Waals surface area contributed by atoms with Crippen molar-refractivity contribution in [2.24, 2.45) is 0 Å². The number of nitrogens with zero attached hydrogens (tertiary/aromatic N) is 2. The lowest BCUT2D eigenvalue weighted by Crippen LogP contribution is -2.43. The van der Waals surface area contributed by atoms with Crippen LogP contribution in [0.15, 0.2) is 22.7 Å². The van der Waals surface area contributed by atoms with Crippen LogP contribution in [0.2, 0.25) is 0 Å². The molecule has 2 rings (SSSR count). The zero-order chi connectivity index (χ0) is 19.4. The van der Waals surface area contributed by atoms with Gasteiger partial charge in [0.25, 0.3) is 0 Å². The number of benzene rings is 1. The topological polar surface area (TPSA) is 96.2 Å². The fourth-order valence-corrected chi connectivity index (χ4v) is 2.91. The number of halogens is 1. The van der Waals surface area contributed by atoms with Gasteiger partial charge in [-0.2, -0.15) is 5.10 Å². The van der Waals surface area contributed by atoms with E-state index < -0.39 is 17.9 Å². The monoisotopic (exact) mass is 422 g/mol. The van der Waals surface area contributed by atoms with E-state index in [4.69, 9.17) is 0 Å². The molecule has 0 saturated carbocycles. The van der Waals surface area contributed by atoms with Crippen LogP contribution in [0, 0.1) is 20.8 Å². The van der Waals surface area contributed by atoms with E-state index in [-0.39, 0.29) is 6.61 Å². The van der Waals surface area contributed by atoms with Crippen LogP contribution in [0.4, 0.5) is 5.82 Å². The first kappa shape index (κ1) is 20.1. The number of aliphatic hydroxyl groups excluding tert-OH is 1. The van der Waals surface area contributed by atoms with Gasteiger partial charge in [0.2, 0.25) is 0 Å². The van der Waals surface area contributed by atoms with Crippen LogP contribution < -0.4 is 10.6 Å². The number of hydrogen-bond donors (Lipinski definition) is 3. The number of anilines is 1. The van der Waals surface area contributed by atoms with Crippen molar-refractivity contribution in [1.29, 1.82) is 0 Å². The second kappa shape index (κ2) is 8.46. The van der Waals surface area contributed by atoms with Gasteiger partial charge in [0.15, 0.2) is 5.82 Å². The van der Waals surface area contributed by atoms with Crippen molar-refractivity contribution in [3.8, 4) is 5.69 Å². The van der Waals surface area contributed by atoms with Crippen molar-refractivity contribution in [2.75, 3.05) is 11.9 Å². The van der Waals surface area contributed by atoms with Crippen molar-refractivity contribution >= 4 is 33.6 Å². The molecule has 1 aromatic carbocycles. The number of nitrogens with one attached hydrogen (secondary N) is 2. The highest BCUT2D eigenvalue weighted by atomic mass is 79.9. The smallest absolute Gasteiger partial charge is 0.314 e. The summed E-state index contributed by atoms with van der Waals surface area (Å²) >= 11 is 3.42. The molecule has 1 unspecified atom stereocenters. The first-order valence-electron chi connectivity index (χ1n) is 8.33. The number of carbonyl (C=O) groups is 2. The largest absolute Gasteiger partial charge is 0.394 e. The number of aliphatic hydroxyl groups is 1. The number of aryl methyl sites for hydroxylation is 3. The van der Waals surface area contributed by atoms with Crippen LogP contribution in [0.3, 0.4) is 0 Å². The molecule has 1 heterocycles. The Hall–Kier alpha value is -2.19. The van der Waals surface area contributed by atoms with Crippen LogP contribution in [0.25, 0.3) is 5.69 Å². The molecule has 2 amide bonds. The van der Waals surface area contributed by atoms with Crippen molar-refractivity contribution in [2.45, 2.75) is 40.2 Å². The molecule has 0 aliphatic rings. The predicted molar refractivity (Wildman–Crippen MR) is 103 cm³/mol. The Labute approximate surface area is 160 Å². The minimum absolute atomic E-state index is 0.223. The van der Waals surface area contributed by atoms with Crippen molar-refractivity contribution in [3.05, 3.63) is 39.5 Å². The molecule has 26 heavy (non-hydrogen) atoms. The van der Waals surface area contributed by atoms with Crippen molar-refractivity contribution in [3.63, 3.8) is 0 Å². The average Bonchev–Trinajstić information content (AvgIpc) is 2.86. The normalized spacial score (nSPS) is 11.9. The molecule has 7 nitrogen and oxygen atoms in total. The summed E-state index contributed by atoms with van der Waals surface area (Å²) in [5.74, 6) is -1.24. The Balaban J connectivity index is 2.32. The molecule has 0 radical (unpaired) electrons. The third kappa shape index (κ3) is 4.50. The van der Waals surface area contributed by atoms with E-state index >= 15 is 0 Å². The van der Waals surface area contributed by atoms with Gasteiger partial charge in [-0.3, -0.25) is 9.59 Å². The second-order valence-electron chi connectivity index (χ2n) is 6.22. The first-order chi connectivity index (χ1) is 12.3. The summed E-state index contributed by atoms with van der Waals surface area (Å²) in [5, 5.41) is 18.7. The number of carbonyl (C=O) groups excluding carboxylic acids is 2. The summed E-state index contributed by atoms with van der Waals surface area (Å²) in [6.45, 7) is 7.35. The molecule has 0 fully saturated rings. The number of amides is 2. The maximum absolute atomic E-state index is 12.3. The molecular formula is C18H23BrN4O3. The SMILES string of the molecule is CCC(CO)NC(=O)C(=O)Nc1c(Br)c(C)nn1-c1cc(C)cc(C)c1. The first-order valence-corrected chi connectivity index (χ1v) is 9.12. The minimum atomic E-state index is -0.817. The standard InChI is InChI=1S/C18H23BrN4O3/c1-5-13(9-24)20-17(25)18(26)21-16-15(19)12(4)22-23(16)14-7-10(2)6-11(3)8-14/h6-8,13,24H,5,9H2,1-4H3,(H,20,25)(H,21,26). The van der Waals surface area contributed by atoms with Gasteiger partial charge in [0.05, 0.1) is 28.5 Å². The molecule has 1 atom stereocenters. The third-order valence-corrected chi connectivity index (χ3v) is 4.87. The van der Waals surface area contributed by atoms with Gasteiger partial charge in [0.1, 0.15) is 0 Å². The highest BCUT2D eigenvalue weighted by Gasteiger charge is 2.22. The molecule has 1 aromatic heterocycles. The van der Waals surface area contributed by atoms with E-state index in [2.05, 4.69) is 31.7 Å². The van der Waals surface area contributed by atoms with E-state index in [1.54, 1.807) is 11.6 Å². The quantitative estimate of drug-likeness (QED) is 0.644. The van der Waals surface area contributed by atoms with Crippen molar-refractivity contribution in [1.82, 2.24) is 15.1 Å². The van der Waals surface area contributed by atoms with Gasteiger partial charge in [-0.05, 0) is 66.4 Å². The molecule has 0 saturated heterocycles. The average molecular weight is 423 g/mol. The Bertz CT molecular complexity index is 808. The minimum Gasteiger partial charge on any atom is -0.394 e. The maximum atomic E-state index is 12.3. The number of rotatable bonds is 5. The summed E-state index contributed by atoms with van der Waals surface area (Å²) in [6.07, 6.45) is 0.527. The van der Waals surface area contributed by atoms with E-state index in [0.29, 0.717) is 22.4 Å². The lowest BCUT2D eigenvalue weighted by molar-refractivity contribution is -0.136. The Morgan fingerprint density at radius 3 is 2.35 bits per heavy atom. The molecule has 8 heteroatoms. The lowest BCUT2D eigenvalue weighted by atomic mass is 10.1. The predicted octanol–water partition coefficient (Wildman–Crippen LogP) is 2.39. The Morgan fingerprint density at radius 1 is 1.19 bits per heavy atom. The van der Waals surface area contributed by atoms with Crippen LogP contribution in [0.1, 0.15) is 30.2 Å². The molecule has 0 spiro atoms. The zero-order valence-electron chi connectivity index (χ0n) is 15.3. The molecule has 140 valence electrons. The van der Waals surface area contributed by atoms with Crippen LogP contribution in [0.5, 0.6) is 0 Å². The molecule has 0 aliphatic heterocycles. The fourth-order valence-electron chi connectivity index (χ4n) is 2.57. The zero-order valence-corrected chi connectivity index (χ0v) is 16.8. The van der Waals surface area contributed by atoms with E-state index in [9.17, 15) is 14.7 Å². The second-order valence-corrected chi connectivity index (χ2v) is 7.01. The Kier molecular flexibility index (Phi) is 6.55. The van der Waals surface area contributed by atoms with Gasteiger partial charge < -0.3 is 15.7 Å². The van der Waals surface area contributed by atoms with Crippen LogP contribution >= 0.6 is 15.9 Å². The highest BCUT2D eigenvalue weighted by molar-refractivity contribution is 9.10. The van der Waals surface area contributed by atoms with Crippen molar-refractivity contribution < 1.29 is 14.7 Å². The van der Waals surface area contributed by atoms with Crippen LogP contribution in [-0.2, 0) is 9.59 Å². The van der Waals surface area contributed by atoms with Gasteiger partial charge in [0, 0.05) is 0 Å². The summed E-state index contributed by atoms with van der Waals surface area (Å²) in [5.41, 5.74) is 3.59. The maximum Gasteiger partial charge on any atom is 0.314 e. The summed E-state index contributed by atoms with van der Waals surface area (Å²) < 4.78 is 2.19. The molecule has 2 aromatic rings. The molecular weight excluding hydrogens is 400 g/mol. The number of hydrogen-bond acceptors (Lipinski definition) is 4. The summed E-state index contributed by atoms with van der Waals surface area (Å²) in [4.78, 5) is 24.4. The highest BCUT2D eigenvalue weighted by Crippen LogP contribution is 2.29. The van der Waals surface area contributed by atoms with Gasteiger partial charge in [-0.25, -0.2) is 4.68 Å². The van der Waals surface area contributed by atoms with E-state index in [1.807, 2.05) is 39.0 Å². The van der Waals surface area contributed by atoms with E-state index in [0.717, 1.165) is 16.8 Å². The lowest BCUT2D eigenvalue weighted by Gasteiger charge is -2.14. The molecule has 0 bridgehead atoms. The van der Waals surface area contributed by atoms with E-state index in [1.165, 1.54) is 0 Å². The number of aromatic nitrogens is 2. The van der Waals surface area contributed by atoms with Gasteiger partial charge in [-0.1, -0.05) is 13.0 Å². The molecule has 0 aliphatic carbocycles. The van der Waals surface area contributed by atoms with Gasteiger partial charge in [-0.15, -0.1) is 0 Å². The van der Waals surface area contributed by atoms with Crippen LogP contribution in [-0.4, -0.2) is 39.4 Å². The summed E-state index contributed by atoms with van der Waals surface area (Å²) in [7, 11) is 0. The summed E-state index contributed by atoms with van der Waals surface area (Å²) in [6, 6.07) is 5.48. The Morgan fingerprint density at radius 2 is 1.81 bits per heavy atom. The fraction of sp³-hybridized carbons (Fsp3) is 0.389. The van der Waals surface area contributed by atoms with Gasteiger partial charge >= 0.3 is 11.8 Å². The third-order valence-electron chi connectivity index (χ3n) is 3.92.